The number of hydrogen-bond donors (Lipinski definition) is 1. The maximum absolute atomic E-state index is 5.87. The molecule has 2 saturated heterocycles. The van der Waals surface area contributed by atoms with E-state index >= 15 is 0 Å². The number of piperidine rings is 1. The molecule has 2 heterocycles. The highest BCUT2D eigenvalue weighted by atomic mass is 35.5. The van der Waals surface area contributed by atoms with E-state index in [1.165, 1.54) is 0 Å². The van der Waals surface area contributed by atoms with Gasteiger partial charge in [-0.2, -0.15) is 0 Å². The molecule has 3 rings (SSSR count). The van der Waals surface area contributed by atoms with Crippen LogP contribution in [0, 0.1) is 0 Å². The fourth-order valence-corrected chi connectivity index (χ4v) is 3.00. The van der Waals surface area contributed by atoms with Gasteiger partial charge in [0.05, 0.1) is 13.2 Å². The molecule has 0 amide bonds. The van der Waals surface area contributed by atoms with Crippen LogP contribution in [0.2, 0.25) is 5.02 Å². The third-order valence-corrected chi connectivity index (χ3v) is 4.33. The van der Waals surface area contributed by atoms with Gasteiger partial charge in [0, 0.05) is 36.6 Å². The minimum absolute atomic E-state index is 0.355. The van der Waals surface area contributed by atoms with Crippen molar-refractivity contribution in [2.75, 3.05) is 31.6 Å². The van der Waals surface area contributed by atoms with Crippen LogP contribution >= 0.6 is 23.8 Å². The molecule has 2 aliphatic rings. The maximum atomic E-state index is 5.87. The Labute approximate surface area is 129 Å². The summed E-state index contributed by atoms with van der Waals surface area (Å²) in [6.07, 6.45) is 1.71. The topological polar surface area (TPSA) is 33.7 Å². The minimum Gasteiger partial charge on any atom is -0.349 e. The van der Waals surface area contributed by atoms with Gasteiger partial charge in [0.25, 0.3) is 0 Å². The Morgan fingerprint density at radius 1 is 1.15 bits per heavy atom. The monoisotopic (exact) mass is 312 g/mol. The van der Waals surface area contributed by atoms with Crippen molar-refractivity contribution in [1.29, 1.82) is 0 Å². The number of ether oxygens (including phenoxy) is 2. The molecule has 20 heavy (non-hydrogen) atoms. The van der Waals surface area contributed by atoms with Gasteiger partial charge < -0.3 is 19.7 Å². The Morgan fingerprint density at radius 2 is 1.75 bits per heavy atom. The molecule has 108 valence electrons. The Hall–Kier alpha value is -0.880. The molecule has 0 radical (unpaired) electrons. The highest BCUT2D eigenvalue weighted by Gasteiger charge is 2.40. The van der Waals surface area contributed by atoms with Gasteiger partial charge in [0.1, 0.15) is 0 Å². The summed E-state index contributed by atoms with van der Waals surface area (Å²) < 4.78 is 11.4. The highest BCUT2D eigenvalue weighted by molar-refractivity contribution is 7.80. The molecule has 0 bridgehead atoms. The van der Waals surface area contributed by atoms with Gasteiger partial charge in [-0.05, 0) is 36.5 Å². The largest absolute Gasteiger partial charge is 0.349 e. The predicted octanol–water partition coefficient (Wildman–Crippen LogP) is 2.88. The van der Waals surface area contributed by atoms with E-state index in [0.717, 1.165) is 41.8 Å². The zero-order chi connectivity index (χ0) is 14.0. The van der Waals surface area contributed by atoms with E-state index in [-0.39, 0.29) is 5.79 Å². The first-order chi connectivity index (χ1) is 9.67. The predicted molar refractivity (Wildman–Crippen MR) is 83.1 cm³/mol. The van der Waals surface area contributed by atoms with Crippen LogP contribution in [0.4, 0.5) is 5.69 Å². The Morgan fingerprint density at radius 3 is 2.35 bits per heavy atom. The highest BCUT2D eigenvalue weighted by Crippen LogP contribution is 2.31. The van der Waals surface area contributed by atoms with Crippen LogP contribution in [0.3, 0.4) is 0 Å². The first-order valence-electron chi connectivity index (χ1n) is 6.76. The molecule has 0 aliphatic carbocycles. The van der Waals surface area contributed by atoms with Crippen LogP contribution < -0.4 is 5.32 Å². The van der Waals surface area contributed by atoms with E-state index < -0.39 is 0 Å². The number of likely N-dealkylation sites (tertiary alicyclic amines) is 1. The lowest BCUT2D eigenvalue weighted by atomic mass is 10.0. The lowest BCUT2D eigenvalue weighted by molar-refractivity contribution is -0.180. The van der Waals surface area contributed by atoms with Crippen molar-refractivity contribution < 1.29 is 9.47 Å². The van der Waals surface area contributed by atoms with Crippen LogP contribution in [-0.2, 0) is 9.47 Å². The average Bonchev–Trinajstić information content (AvgIpc) is 2.90. The summed E-state index contributed by atoms with van der Waals surface area (Å²) in [6.45, 7) is 3.10. The number of anilines is 1. The molecule has 2 fully saturated rings. The molecule has 2 aliphatic heterocycles. The number of halogens is 1. The van der Waals surface area contributed by atoms with E-state index in [1.54, 1.807) is 0 Å². The standard InChI is InChI=1S/C14H17ClN2O2S/c15-11-1-3-12(4-2-11)16-13(20)17-7-5-14(6-8-17)18-9-10-19-14/h1-4H,5-10H2,(H,16,20). The molecule has 4 nitrogen and oxygen atoms in total. The van der Waals surface area contributed by atoms with Crippen LogP contribution in [0.25, 0.3) is 0 Å². The number of nitrogens with zero attached hydrogens (tertiary/aromatic N) is 1. The number of hydrogen-bond acceptors (Lipinski definition) is 3. The van der Waals surface area contributed by atoms with Crippen LogP contribution in [0.1, 0.15) is 12.8 Å². The van der Waals surface area contributed by atoms with E-state index in [0.29, 0.717) is 13.2 Å². The molecular formula is C14H17ClN2O2S. The lowest BCUT2D eigenvalue weighted by Crippen LogP contribution is -2.48. The zero-order valence-corrected chi connectivity index (χ0v) is 12.7. The van der Waals surface area contributed by atoms with Gasteiger partial charge in [-0.1, -0.05) is 11.6 Å². The van der Waals surface area contributed by atoms with Gasteiger partial charge >= 0.3 is 0 Å². The van der Waals surface area contributed by atoms with E-state index in [9.17, 15) is 0 Å². The SMILES string of the molecule is S=C(Nc1ccc(Cl)cc1)N1CCC2(CC1)OCCO2. The van der Waals surface area contributed by atoms with Crippen LogP contribution in [0.15, 0.2) is 24.3 Å². The molecule has 1 spiro atoms. The first kappa shape index (κ1) is 14.1. The van der Waals surface area contributed by atoms with Crippen LogP contribution in [-0.4, -0.2) is 42.1 Å². The zero-order valence-electron chi connectivity index (χ0n) is 11.1. The summed E-state index contributed by atoms with van der Waals surface area (Å²) in [5.74, 6) is -0.355. The van der Waals surface area contributed by atoms with Crippen molar-refractivity contribution in [2.24, 2.45) is 0 Å². The van der Waals surface area contributed by atoms with Crippen molar-refractivity contribution >= 4 is 34.6 Å². The first-order valence-corrected chi connectivity index (χ1v) is 7.55. The van der Waals surface area contributed by atoms with E-state index in [2.05, 4.69) is 10.2 Å². The summed E-state index contributed by atoms with van der Waals surface area (Å²) in [5.41, 5.74) is 0.952. The Balaban J connectivity index is 1.55. The van der Waals surface area contributed by atoms with Crippen LogP contribution in [0.5, 0.6) is 0 Å². The number of nitrogens with one attached hydrogen (secondary N) is 1. The number of benzene rings is 1. The molecular weight excluding hydrogens is 296 g/mol. The fraction of sp³-hybridized carbons (Fsp3) is 0.500. The van der Waals surface area contributed by atoms with Gasteiger partial charge in [0.15, 0.2) is 10.9 Å². The minimum atomic E-state index is -0.355. The Kier molecular flexibility index (Phi) is 4.12. The van der Waals surface area contributed by atoms with E-state index in [1.807, 2.05) is 24.3 Å². The normalized spacial score (nSPS) is 21.1. The molecule has 0 unspecified atom stereocenters. The van der Waals surface area contributed by atoms with Gasteiger partial charge in [0.2, 0.25) is 0 Å². The van der Waals surface area contributed by atoms with Crippen molar-refractivity contribution in [3.63, 3.8) is 0 Å². The molecule has 0 atom stereocenters. The Bertz CT molecular complexity index is 478. The second kappa shape index (κ2) is 5.85. The van der Waals surface area contributed by atoms with Gasteiger partial charge in [-0.3, -0.25) is 0 Å². The summed E-state index contributed by atoms with van der Waals surface area (Å²) in [6, 6.07) is 7.53. The van der Waals surface area contributed by atoms with E-state index in [4.69, 9.17) is 33.3 Å². The smallest absolute Gasteiger partial charge is 0.173 e. The molecule has 0 saturated carbocycles. The maximum Gasteiger partial charge on any atom is 0.173 e. The molecule has 1 aromatic rings. The summed E-state index contributed by atoms with van der Waals surface area (Å²) in [5, 5.41) is 4.69. The van der Waals surface area contributed by atoms with Crippen molar-refractivity contribution in [1.82, 2.24) is 4.90 Å². The molecule has 1 aromatic carbocycles. The van der Waals surface area contributed by atoms with Gasteiger partial charge in [-0.25, -0.2) is 0 Å². The summed E-state index contributed by atoms with van der Waals surface area (Å²) in [7, 11) is 0. The van der Waals surface area contributed by atoms with Crippen molar-refractivity contribution in [3.05, 3.63) is 29.3 Å². The van der Waals surface area contributed by atoms with Gasteiger partial charge in [-0.15, -0.1) is 0 Å². The summed E-state index contributed by atoms with van der Waals surface area (Å²) >= 11 is 11.3. The molecule has 6 heteroatoms. The molecule has 1 N–H and O–H groups in total. The fourth-order valence-electron chi connectivity index (χ4n) is 2.57. The third kappa shape index (κ3) is 3.06. The van der Waals surface area contributed by atoms with Crippen molar-refractivity contribution in [2.45, 2.75) is 18.6 Å². The number of thiocarbonyl (C=S) groups is 1. The lowest BCUT2D eigenvalue weighted by Gasteiger charge is -2.38. The molecule has 0 aromatic heterocycles. The average molecular weight is 313 g/mol. The summed E-state index contributed by atoms with van der Waals surface area (Å²) in [4.78, 5) is 2.15. The van der Waals surface area contributed by atoms with Crippen molar-refractivity contribution in [3.8, 4) is 0 Å². The third-order valence-electron chi connectivity index (χ3n) is 3.72. The second-order valence-corrected chi connectivity index (χ2v) is 5.85. The quantitative estimate of drug-likeness (QED) is 0.807. The second-order valence-electron chi connectivity index (χ2n) is 5.03. The number of rotatable bonds is 1.